The van der Waals surface area contributed by atoms with Gasteiger partial charge in [0.05, 0.1) is 17.2 Å². The summed E-state index contributed by atoms with van der Waals surface area (Å²) in [6, 6.07) is 3.67. The molecule has 0 bridgehead atoms. The SMILES string of the molecule is O=C(O)c1ccc(CNc2cc([N+](=O)[O-])c(F)cc2F)o1. The van der Waals surface area contributed by atoms with Gasteiger partial charge in [0.15, 0.2) is 0 Å². The fourth-order valence-electron chi connectivity index (χ4n) is 1.58. The van der Waals surface area contributed by atoms with E-state index in [1.165, 1.54) is 12.1 Å². The number of nitro benzene ring substituents is 1. The van der Waals surface area contributed by atoms with Gasteiger partial charge < -0.3 is 14.8 Å². The van der Waals surface area contributed by atoms with Gasteiger partial charge in [-0.2, -0.15) is 4.39 Å². The number of carboxylic acid groups (broad SMARTS) is 1. The van der Waals surface area contributed by atoms with E-state index in [9.17, 15) is 23.7 Å². The Morgan fingerprint density at radius 1 is 1.33 bits per heavy atom. The number of carboxylic acids is 1. The summed E-state index contributed by atoms with van der Waals surface area (Å²) in [5, 5.41) is 21.7. The Kier molecular flexibility index (Phi) is 3.83. The maximum Gasteiger partial charge on any atom is 0.371 e. The lowest BCUT2D eigenvalue weighted by Crippen LogP contribution is -2.03. The molecule has 0 saturated heterocycles. The lowest BCUT2D eigenvalue weighted by atomic mass is 10.2. The molecule has 2 aromatic rings. The average Bonchev–Trinajstić information content (AvgIpc) is 2.86. The lowest BCUT2D eigenvalue weighted by Gasteiger charge is -2.06. The third-order valence-corrected chi connectivity index (χ3v) is 2.56. The molecule has 7 nitrogen and oxygen atoms in total. The second-order valence-corrected chi connectivity index (χ2v) is 3.97. The zero-order chi connectivity index (χ0) is 15.6. The molecule has 0 saturated carbocycles. The summed E-state index contributed by atoms with van der Waals surface area (Å²) in [7, 11) is 0. The Balaban J connectivity index is 2.17. The van der Waals surface area contributed by atoms with E-state index in [-0.39, 0.29) is 23.8 Å². The van der Waals surface area contributed by atoms with Crippen LogP contribution in [0.4, 0.5) is 20.2 Å². The van der Waals surface area contributed by atoms with Crippen LogP contribution in [0.5, 0.6) is 0 Å². The van der Waals surface area contributed by atoms with Crippen LogP contribution in [0.25, 0.3) is 0 Å². The number of hydrogen-bond donors (Lipinski definition) is 2. The number of nitro groups is 1. The van der Waals surface area contributed by atoms with Crippen LogP contribution in [-0.4, -0.2) is 16.0 Å². The molecule has 0 aliphatic rings. The minimum absolute atomic E-state index is 0.118. The summed E-state index contributed by atoms with van der Waals surface area (Å²) < 4.78 is 31.5. The number of hydrogen-bond acceptors (Lipinski definition) is 5. The van der Waals surface area contributed by atoms with Gasteiger partial charge in [-0.15, -0.1) is 0 Å². The van der Waals surface area contributed by atoms with E-state index in [1.54, 1.807) is 0 Å². The first kappa shape index (κ1) is 14.4. The van der Waals surface area contributed by atoms with Crippen molar-refractivity contribution in [2.24, 2.45) is 0 Å². The zero-order valence-corrected chi connectivity index (χ0v) is 10.3. The van der Waals surface area contributed by atoms with Crippen LogP contribution in [0.2, 0.25) is 0 Å². The highest BCUT2D eigenvalue weighted by molar-refractivity contribution is 5.84. The van der Waals surface area contributed by atoms with E-state index in [1.807, 2.05) is 0 Å². The van der Waals surface area contributed by atoms with Gasteiger partial charge in [0.25, 0.3) is 0 Å². The molecule has 0 fully saturated rings. The molecule has 1 heterocycles. The van der Waals surface area contributed by atoms with Crippen LogP contribution in [0, 0.1) is 21.7 Å². The summed E-state index contributed by atoms with van der Waals surface area (Å²) in [6.07, 6.45) is 0. The molecule has 0 radical (unpaired) electrons. The van der Waals surface area contributed by atoms with E-state index >= 15 is 0 Å². The molecular formula is C12H8F2N2O5. The van der Waals surface area contributed by atoms with Gasteiger partial charge in [-0.05, 0) is 12.1 Å². The van der Waals surface area contributed by atoms with Crippen molar-refractivity contribution in [3.8, 4) is 0 Å². The fourth-order valence-corrected chi connectivity index (χ4v) is 1.58. The minimum Gasteiger partial charge on any atom is -0.475 e. The van der Waals surface area contributed by atoms with Gasteiger partial charge >= 0.3 is 11.7 Å². The maximum atomic E-state index is 13.5. The van der Waals surface area contributed by atoms with Crippen LogP contribution in [-0.2, 0) is 6.54 Å². The second kappa shape index (κ2) is 5.57. The standard InChI is InChI=1S/C12H8F2N2O5/c13-7-3-8(14)10(16(19)20)4-9(7)15-5-6-1-2-11(21-6)12(17)18/h1-4,15H,5H2,(H,17,18). The van der Waals surface area contributed by atoms with Crippen molar-refractivity contribution in [1.29, 1.82) is 0 Å². The van der Waals surface area contributed by atoms with Gasteiger partial charge in [0, 0.05) is 12.1 Å². The molecule has 9 heteroatoms. The molecule has 1 aromatic heterocycles. The second-order valence-electron chi connectivity index (χ2n) is 3.97. The number of aromatic carboxylic acids is 1. The van der Waals surface area contributed by atoms with Gasteiger partial charge in [-0.3, -0.25) is 10.1 Å². The number of furan rings is 1. The summed E-state index contributed by atoms with van der Waals surface area (Å²) >= 11 is 0. The first-order chi connectivity index (χ1) is 9.88. The number of carbonyl (C=O) groups is 1. The highest BCUT2D eigenvalue weighted by Gasteiger charge is 2.18. The van der Waals surface area contributed by atoms with E-state index < -0.39 is 28.2 Å². The van der Waals surface area contributed by atoms with E-state index in [0.29, 0.717) is 12.1 Å². The third-order valence-electron chi connectivity index (χ3n) is 2.56. The van der Waals surface area contributed by atoms with Gasteiger partial charge in [-0.25, -0.2) is 9.18 Å². The van der Waals surface area contributed by atoms with Crippen molar-refractivity contribution in [2.45, 2.75) is 6.54 Å². The molecule has 0 atom stereocenters. The predicted molar refractivity (Wildman–Crippen MR) is 66.0 cm³/mol. The molecule has 1 aromatic carbocycles. The molecule has 21 heavy (non-hydrogen) atoms. The van der Waals surface area contributed by atoms with Crippen molar-refractivity contribution >= 4 is 17.3 Å². The Labute approximate surface area is 116 Å². The molecule has 0 aliphatic heterocycles. The molecule has 0 amide bonds. The monoisotopic (exact) mass is 298 g/mol. The number of nitrogens with zero attached hydrogens (tertiary/aromatic N) is 1. The molecule has 0 unspecified atom stereocenters. The van der Waals surface area contributed by atoms with Crippen LogP contribution in [0.3, 0.4) is 0 Å². The molecule has 110 valence electrons. The van der Waals surface area contributed by atoms with E-state index in [2.05, 4.69) is 5.32 Å². The first-order valence-corrected chi connectivity index (χ1v) is 5.58. The molecule has 0 aliphatic carbocycles. The average molecular weight is 298 g/mol. The van der Waals surface area contributed by atoms with Gasteiger partial charge in [0.2, 0.25) is 11.6 Å². The summed E-state index contributed by atoms with van der Waals surface area (Å²) in [4.78, 5) is 20.2. The van der Waals surface area contributed by atoms with E-state index in [0.717, 1.165) is 0 Å². The maximum absolute atomic E-state index is 13.5. The normalized spacial score (nSPS) is 10.4. The number of benzene rings is 1. The molecule has 2 N–H and O–H groups in total. The Hall–Kier alpha value is -2.97. The first-order valence-electron chi connectivity index (χ1n) is 5.58. The van der Waals surface area contributed by atoms with Crippen LogP contribution in [0.15, 0.2) is 28.7 Å². The van der Waals surface area contributed by atoms with Crippen molar-refractivity contribution in [3.63, 3.8) is 0 Å². The molecule has 0 spiro atoms. The van der Waals surface area contributed by atoms with Crippen LogP contribution >= 0.6 is 0 Å². The summed E-state index contributed by atoms with van der Waals surface area (Å²) in [5.74, 6) is -3.67. The van der Waals surface area contributed by atoms with E-state index in [4.69, 9.17) is 9.52 Å². The van der Waals surface area contributed by atoms with Crippen LogP contribution in [0.1, 0.15) is 16.3 Å². The third kappa shape index (κ3) is 3.14. The number of halogens is 2. The Morgan fingerprint density at radius 3 is 2.62 bits per heavy atom. The van der Waals surface area contributed by atoms with Crippen molar-refractivity contribution in [2.75, 3.05) is 5.32 Å². The number of nitrogens with one attached hydrogen (secondary N) is 1. The minimum atomic E-state index is -1.28. The Morgan fingerprint density at radius 2 is 2.05 bits per heavy atom. The number of anilines is 1. The van der Waals surface area contributed by atoms with Gasteiger partial charge in [-0.1, -0.05) is 0 Å². The largest absolute Gasteiger partial charge is 0.475 e. The van der Waals surface area contributed by atoms with Crippen molar-refractivity contribution in [1.82, 2.24) is 0 Å². The Bertz CT molecular complexity index is 714. The van der Waals surface area contributed by atoms with Crippen molar-refractivity contribution in [3.05, 3.63) is 57.5 Å². The topological polar surface area (TPSA) is 106 Å². The highest BCUT2D eigenvalue weighted by atomic mass is 19.1. The van der Waals surface area contributed by atoms with Crippen molar-refractivity contribution < 1.29 is 28.0 Å². The number of rotatable bonds is 5. The fraction of sp³-hybridized carbons (Fsp3) is 0.0833. The highest BCUT2D eigenvalue weighted by Crippen LogP contribution is 2.25. The molecular weight excluding hydrogens is 290 g/mol. The van der Waals surface area contributed by atoms with Crippen LogP contribution < -0.4 is 5.32 Å². The summed E-state index contributed by atoms with van der Waals surface area (Å²) in [5.41, 5.74) is -1.17. The predicted octanol–water partition coefficient (Wildman–Crippen LogP) is 2.78. The van der Waals surface area contributed by atoms with Gasteiger partial charge in [0.1, 0.15) is 11.6 Å². The molecule has 2 rings (SSSR count). The summed E-state index contributed by atoms with van der Waals surface area (Å²) in [6.45, 7) is -0.118. The zero-order valence-electron chi connectivity index (χ0n) is 10.3. The smallest absolute Gasteiger partial charge is 0.371 e. The lowest BCUT2D eigenvalue weighted by molar-refractivity contribution is -0.387. The quantitative estimate of drug-likeness (QED) is 0.649.